The molecule has 1 aromatic heterocycles. The zero-order valence-corrected chi connectivity index (χ0v) is 15.9. The van der Waals surface area contributed by atoms with Gasteiger partial charge in [-0.2, -0.15) is 5.10 Å². The number of para-hydroxylation sites is 2. The Balaban J connectivity index is 2.01. The minimum atomic E-state index is -0.858. The number of ether oxygens (including phenoxy) is 1. The fourth-order valence-corrected chi connectivity index (χ4v) is 2.88. The maximum absolute atomic E-state index is 11.6. The van der Waals surface area contributed by atoms with Crippen molar-refractivity contribution < 1.29 is 14.3 Å². The van der Waals surface area contributed by atoms with Gasteiger partial charge in [0, 0.05) is 6.04 Å². The third-order valence-electron chi connectivity index (χ3n) is 2.93. The van der Waals surface area contributed by atoms with Gasteiger partial charge in [-0.15, -0.1) is 0 Å². The molecule has 0 radical (unpaired) electrons. The molecule has 10 heteroatoms. The second-order valence-electron chi connectivity index (χ2n) is 5.33. The molecule has 2 rings (SSSR count). The number of anilines is 2. The summed E-state index contributed by atoms with van der Waals surface area (Å²) in [4.78, 5) is 27.7. The predicted octanol–water partition coefficient (Wildman–Crippen LogP) is 2.52. The Labute approximate surface area is 159 Å². The Kier molecular flexibility index (Phi) is 6.93. The summed E-state index contributed by atoms with van der Waals surface area (Å²) in [6.07, 6.45) is 1.33. The fourth-order valence-electron chi connectivity index (χ4n) is 1.84. The average molecular weight is 396 g/mol. The van der Waals surface area contributed by atoms with Crippen LogP contribution in [0.3, 0.4) is 0 Å². The largest absolute Gasteiger partial charge is 0.495 e. The first-order chi connectivity index (χ1) is 12.4. The third kappa shape index (κ3) is 5.43. The standard InChI is InChI=1S/C16H18ClN5O3S/c1-9(2)19-14(23)15(24)22-18-8-12-13(17)21-16(26-12)20-10-6-4-5-7-11(10)25-3/h4-9H,1-3H3,(H,19,23)(H,20,21)(H,22,24)/b18-8+. The molecule has 138 valence electrons. The highest BCUT2D eigenvalue weighted by Gasteiger charge is 2.14. The molecule has 0 unspecified atom stereocenters. The molecule has 0 aliphatic carbocycles. The van der Waals surface area contributed by atoms with Gasteiger partial charge in [0.15, 0.2) is 10.3 Å². The molecule has 2 amide bonds. The number of thiazole rings is 1. The van der Waals surface area contributed by atoms with E-state index in [4.69, 9.17) is 16.3 Å². The van der Waals surface area contributed by atoms with Crippen LogP contribution in [0.5, 0.6) is 5.75 Å². The van der Waals surface area contributed by atoms with E-state index in [1.807, 2.05) is 24.3 Å². The lowest BCUT2D eigenvalue weighted by Crippen LogP contribution is -2.41. The summed E-state index contributed by atoms with van der Waals surface area (Å²) in [5, 5.41) is 10.1. The topological polar surface area (TPSA) is 105 Å². The lowest BCUT2D eigenvalue weighted by atomic mass is 10.3. The summed E-state index contributed by atoms with van der Waals surface area (Å²) in [7, 11) is 1.57. The summed E-state index contributed by atoms with van der Waals surface area (Å²) < 4.78 is 5.27. The normalized spacial score (nSPS) is 10.8. The molecule has 0 saturated heterocycles. The van der Waals surface area contributed by atoms with Gasteiger partial charge < -0.3 is 15.4 Å². The van der Waals surface area contributed by atoms with Crippen LogP contribution in [-0.2, 0) is 9.59 Å². The smallest absolute Gasteiger partial charge is 0.329 e. The van der Waals surface area contributed by atoms with E-state index in [1.165, 1.54) is 17.6 Å². The molecule has 1 aromatic carbocycles. The molecule has 8 nitrogen and oxygen atoms in total. The van der Waals surface area contributed by atoms with Crippen molar-refractivity contribution in [3.8, 4) is 5.75 Å². The number of amides is 2. The lowest BCUT2D eigenvalue weighted by molar-refractivity contribution is -0.139. The van der Waals surface area contributed by atoms with Crippen molar-refractivity contribution in [3.05, 3.63) is 34.3 Å². The zero-order chi connectivity index (χ0) is 19.1. The highest BCUT2D eigenvalue weighted by atomic mass is 35.5. The first-order valence-electron chi connectivity index (χ1n) is 7.61. The molecule has 3 N–H and O–H groups in total. The predicted molar refractivity (Wildman–Crippen MR) is 102 cm³/mol. The first-order valence-corrected chi connectivity index (χ1v) is 8.80. The van der Waals surface area contributed by atoms with Crippen LogP contribution in [0, 0.1) is 0 Å². The summed E-state index contributed by atoms with van der Waals surface area (Å²) in [6, 6.07) is 7.24. The first kappa shape index (κ1) is 19.7. The molecule has 1 heterocycles. The summed E-state index contributed by atoms with van der Waals surface area (Å²) in [5.41, 5.74) is 2.88. The van der Waals surface area contributed by atoms with Gasteiger partial charge in [0.05, 0.1) is 23.9 Å². The molecule has 26 heavy (non-hydrogen) atoms. The Morgan fingerprint density at radius 1 is 1.31 bits per heavy atom. The van der Waals surface area contributed by atoms with Crippen LogP contribution >= 0.6 is 22.9 Å². The minimum absolute atomic E-state index is 0.142. The number of hydrogen-bond donors (Lipinski definition) is 3. The summed E-state index contributed by atoms with van der Waals surface area (Å²) >= 11 is 7.31. The number of nitrogens with one attached hydrogen (secondary N) is 3. The van der Waals surface area contributed by atoms with E-state index in [1.54, 1.807) is 21.0 Å². The second-order valence-corrected chi connectivity index (χ2v) is 6.72. The highest BCUT2D eigenvalue weighted by molar-refractivity contribution is 7.17. The number of rotatable bonds is 6. The monoisotopic (exact) mass is 395 g/mol. The minimum Gasteiger partial charge on any atom is -0.495 e. The van der Waals surface area contributed by atoms with Crippen molar-refractivity contribution in [2.45, 2.75) is 19.9 Å². The number of benzene rings is 1. The van der Waals surface area contributed by atoms with Crippen molar-refractivity contribution in [2.24, 2.45) is 5.10 Å². The molecule has 0 saturated carbocycles. The van der Waals surface area contributed by atoms with Crippen LogP contribution in [0.4, 0.5) is 10.8 Å². The molecule has 0 bridgehead atoms. The number of carbonyl (C=O) groups excluding carboxylic acids is 2. The van der Waals surface area contributed by atoms with Gasteiger partial charge in [0.1, 0.15) is 5.75 Å². The molecule has 0 aliphatic heterocycles. The van der Waals surface area contributed by atoms with E-state index in [9.17, 15) is 9.59 Å². The Morgan fingerprint density at radius 2 is 2.04 bits per heavy atom. The van der Waals surface area contributed by atoms with Crippen LogP contribution in [0.1, 0.15) is 18.7 Å². The van der Waals surface area contributed by atoms with E-state index in [-0.39, 0.29) is 11.2 Å². The molecular weight excluding hydrogens is 378 g/mol. The number of nitrogens with zero attached hydrogens (tertiary/aromatic N) is 2. The van der Waals surface area contributed by atoms with Gasteiger partial charge in [-0.1, -0.05) is 35.1 Å². The van der Waals surface area contributed by atoms with Gasteiger partial charge >= 0.3 is 11.8 Å². The number of hydrogen-bond acceptors (Lipinski definition) is 7. The lowest BCUT2D eigenvalue weighted by Gasteiger charge is -2.07. The van der Waals surface area contributed by atoms with E-state index >= 15 is 0 Å². The quantitative estimate of drug-likeness (QED) is 0.396. The van der Waals surface area contributed by atoms with Gasteiger partial charge in [-0.05, 0) is 26.0 Å². The number of methoxy groups -OCH3 is 1. The van der Waals surface area contributed by atoms with E-state index < -0.39 is 11.8 Å². The molecule has 0 atom stereocenters. The summed E-state index contributed by atoms with van der Waals surface area (Å²) in [6.45, 7) is 3.50. The maximum Gasteiger partial charge on any atom is 0.329 e. The molecule has 0 fully saturated rings. The zero-order valence-electron chi connectivity index (χ0n) is 14.4. The van der Waals surface area contributed by atoms with Crippen molar-refractivity contribution in [1.82, 2.24) is 15.7 Å². The number of halogens is 1. The third-order valence-corrected chi connectivity index (χ3v) is 4.24. The van der Waals surface area contributed by atoms with E-state index in [2.05, 4.69) is 26.1 Å². The van der Waals surface area contributed by atoms with Crippen molar-refractivity contribution in [1.29, 1.82) is 0 Å². The molecular formula is C16H18ClN5O3S. The van der Waals surface area contributed by atoms with Crippen LogP contribution < -0.4 is 20.8 Å². The van der Waals surface area contributed by atoms with Crippen molar-refractivity contribution in [3.63, 3.8) is 0 Å². The van der Waals surface area contributed by atoms with E-state index in [0.29, 0.717) is 15.8 Å². The number of aromatic nitrogens is 1. The SMILES string of the molecule is COc1ccccc1Nc1nc(Cl)c(/C=N/NC(=O)C(=O)NC(C)C)s1. The number of hydrazone groups is 1. The maximum atomic E-state index is 11.6. The molecule has 2 aromatic rings. The van der Waals surface area contributed by atoms with Gasteiger partial charge in [-0.3, -0.25) is 9.59 Å². The molecule has 0 spiro atoms. The fraction of sp³-hybridized carbons (Fsp3) is 0.250. The van der Waals surface area contributed by atoms with Gasteiger partial charge in [0.25, 0.3) is 0 Å². The van der Waals surface area contributed by atoms with Crippen LogP contribution in [0.15, 0.2) is 29.4 Å². The van der Waals surface area contributed by atoms with Crippen LogP contribution in [-0.4, -0.2) is 36.2 Å². The molecule has 0 aliphatic rings. The van der Waals surface area contributed by atoms with Crippen molar-refractivity contribution in [2.75, 3.05) is 12.4 Å². The van der Waals surface area contributed by atoms with Crippen molar-refractivity contribution >= 4 is 51.8 Å². The Bertz CT molecular complexity index is 822. The Morgan fingerprint density at radius 3 is 2.73 bits per heavy atom. The van der Waals surface area contributed by atoms with Crippen LogP contribution in [0.2, 0.25) is 5.15 Å². The van der Waals surface area contributed by atoms with Gasteiger partial charge in [-0.25, -0.2) is 10.4 Å². The number of carbonyl (C=O) groups is 2. The van der Waals surface area contributed by atoms with Gasteiger partial charge in [0.2, 0.25) is 0 Å². The highest BCUT2D eigenvalue weighted by Crippen LogP contribution is 2.31. The summed E-state index contributed by atoms with van der Waals surface area (Å²) in [5.74, 6) is -0.952. The van der Waals surface area contributed by atoms with Crippen LogP contribution in [0.25, 0.3) is 0 Å². The second kappa shape index (κ2) is 9.16. The van der Waals surface area contributed by atoms with E-state index in [0.717, 1.165) is 5.69 Å². The average Bonchev–Trinajstić information content (AvgIpc) is 2.94. The Hall–Kier alpha value is -2.65.